The molecule has 0 atom stereocenters. The normalized spacial score (nSPS) is 10.8. The summed E-state index contributed by atoms with van der Waals surface area (Å²) in [7, 11) is 1.32. The molecule has 5 heteroatoms. The molecule has 110 valence electrons. The zero-order chi connectivity index (χ0) is 15.2. The maximum atomic E-state index is 11.7. The van der Waals surface area contributed by atoms with Crippen molar-refractivity contribution in [2.24, 2.45) is 0 Å². The molecule has 0 bridgehead atoms. The third kappa shape index (κ3) is 4.91. The van der Waals surface area contributed by atoms with E-state index in [1.807, 2.05) is 20.8 Å². The molecule has 1 aromatic carbocycles. The lowest BCUT2D eigenvalue weighted by Crippen LogP contribution is -2.44. The fraction of sp³-hybridized carbons (Fsp3) is 0.467. The smallest absolute Gasteiger partial charge is 0.337 e. The van der Waals surface area contributed by atoms with E-state index in [0.717, 1.165) is 6.42 Å². The Morgan fingerprint density at radius 2 is 2.00 bits per heavy atom. The van der Waals surface area contributed by atoms with Crippen molar-refractivity contribution in [2.75, 3.05) is 13.7 Å². The molecule has 1 amide bonds. The number of methoxy groups -OCH3 is 1. The first-order chi connectivity index (χ1) is 9.38. The number of ether oxygens (including phenoxy) is 2. The number of carbonyl (C=O) groups is 2. The van der Waals surface area contributed by atoms with Crippen molar-refractivity contribution in [1.29, 1.82) is 0 Å². The van der Waals surface area contributed by atoms with Crippen molar-refractivity contribution in [3.8, 4) is 5.75 Å². The van der Waals surface area contributed by atoms with Crippen molar-refractivity contribution in [3.63, 3.8) is 0 Å². The average molecular weight is 279 g/mol. The van der Waals surface area contributed by atoms with E-state index < -0.39 is 5.97 Å². The number of esters is 1. The fourth-order valence-electron chi connectivity index (χ4n) is 1.48. The molecule has 0 fully saturated rings. The maximum absolute atomic E-state index is 11.7. The van der Waals surface area contributed by atoms with Crippen molar-refractivity contribution in [3.05, 3.63) is 29.8 Å². The van der Waals surface area contributed by atoms with Crippen LogP contribution in [0.3, 0.4) is 0 Å². The topological polar surface area (TPSA) is 64.6 Å². The highest BCUT2D eigenvalue weighted by molar-refractivity contribution is 5.89. The minimum Gasteiger partial charge on any atom is -0.484 e. The van der Waals surface area contributed by atoms with Gasteiger partial charge in [0, 0.05) is 5.54 Å². The lowest BCUT2D eigenvalue weighted by Gasteiger charge is -2.24. The van der Waals surface area contributed by atoms with Gasteiger partial charge >= 0.3 is 5.97 Å². The van der Waals surface area contributed by atoms with Gasteiger partial charge in [-0.3, -0.25) is 4.79 Å². The molecular weight excluding hydrogens is 258 g/mol. The lowest BCUT2D eigenvalue weighted by atomic mass is 10.0. The zero-order valence-electron chi connectivity index (χ0n) is 12.4. The van der Waals surface area contributed by atoms with Crippen molar-refractivity contribution < 1.29 is 19.1 Å². The van der Waals surface area contributed by atoms with Crippen LogP contribution in [0.1, 0.15) is 37.6 Å². The second-order valence-corrected chi connectivity index (χ2v) is 5.09. The Kier molecular flexibility index (Phi) is 5.55. The molecule has 0 aliphatic carbocycles. The van der Waals surface area contributed by atoms with Gasteiger partial charge in [0.2, 0.25) is 0 Å². The Labute approximate surface area is 119 Å². The molecule has 0 saturated heterocycles. The molecule has 0 heterocycles. The van der Waals surface area contributed by atoms with Crippen LogP contribution in [0.2, 0.25) is 0 Å². The minimum absolute atomic E-state index is 0.0892. The van der Waals surface area contributed by atoms with Crippen molar-refractivity contribution in [2.45, 2.75) is 32.7 Å². The SMILES string of the molecule is CCC(C)(C)NC(=O)COc1cccc(C(=O)OC)c1. The third-order valence-electron chi connectivity index (χ3n) is 2.99. The zero-order valence-corrected chi connectivity index (χ0v) is 12.4. The number of hydrogen-bond donors (Lipinski definition) is 1. The van der Waals surface area contributed by atoms with Gasteiger partial charge < -0.3 is 14.8 Å². The number of amides is 1. The van der Waals surface area contributed by atoms with E-state index in [0.29, 0.717) is 11.3 Å². The summed E-state index contributed by atoms with van der Waals surface area (Å²) in [6, 6.07) is 6.53. The van der Waals surface area contributed by atoms with Crippen LogP contribution in [0.25, 0.3) is 0 Å². The first-order valence-corrected chi connectivity index (χ1v) is 6.50. The number of benzene rings is 1. The first kappa shape index (κ1) is 16.0. The molecule has 0 aromatic heterocycles. The van der Waals surface area contributed by atoms with Gasteiger partial charge in [-0.2, -0.15) is 0 Å². The molecule has 20 heavy (non-hydrogen) atoms. The lowest BCUT2D eigenvalue weighted by molar-refractivity contribution is -0.124. The van der Waals surface area contributed by atoms with Crippen LogP contribution < -0.4 is 10.1 Å². The highest BCUT2D eigenvalue weighted by Crippen LogP contribution is 2.14. The van der Waals surface area contributed by atoms with E-state index >= 15 is 0 Å². The Bertz CT molecular complexity index is 483. The van der Waals surface area contributed by atoms with Gasteiger partial charge in [-0.15, -0.1) is 0 Å². The van der Waals surface area contributed by atoms with Crippen LogP contribution in [-0.4, -0.2) is 31.1 Å². The Morgan fingerprint density at radius 1 is 1.30 bits per heavy atom. The monoisotopic (exact) mass is 279 g/mol. The molecule has 0 saturated carbocycles. The van der Waals surface area contributed by atoms with Crippen LogP contribution in [0, 0.1) is 0 Å². The van der Waals surface area contributed by atoms with E-state index in [4.69, 9.17) is 4.74 Å². The second-order valence-electron chi connectivity index (χ2n) is 5.09. The van der Waals surface area contributed by atoms with Crippen LogP contribution in [-0.2, 0) is 9.53 Å². The summed E-state index contributed by atoms with van der Waals surface area (Å²) in [5, 5.41) is 2.87. The van der Waals surface area contributed by atoms with E-state index in [9.17, 15) is 9.59 Å². The summed E-state index contributed by atoms with van der Waals surface area (Å²) < 4.78 is 10.00. The van der Waals surface area contributed by atoms with Gasteiger partial charge in [-0.25, -0.2) is 4.79 Å². The minimum atomic E-state index is -0.438. The molecular formula is C15H21NO4. The van der Waals surface area contributed by atoms with Gasteiger partial charge in [-0.05, 0) is 38.5 Å². The number of nitrogens with one attached hydrogen (secondary N) is 1. The van der Waals surface area contributed by atoms with Crippen LogP contribution in [0.15, 0.2) is 24.3 Å². The highest BCUT2D eigenvalue weighted by atomic mass is 16.5. The Hall–Kier alpha value is -2.04. The highest BCUT2D eigenvalue weighted by Gasteiger charge is 2.18. The van der Waals surface area contributed by atoms with E-state index in [-0.39, 0.29) is 18.1 Å². The summed E-state index contributed by atoms with van der Waals surface area (Å²) in [5.41, 5.74) is 0.133. The molecule has 0 spiro atoms. The summed E-state index contributed by atoms with van der Waals surface area (Å²) in [4.78, 5) is 23.1. The van der Waals surface area contributed by atoms with E-state index in [1.54, 1.807) is 24.3 Å². The third-order valence-corrected chi connectivity index (χ3v) is 2.99. The molecule has 0 unspecified atom stereocenters. The van der Waals surface area contributed by atoms with Crippen LogP contribution >= 0.6 is 0 Å². The Morgan fingerprint density at radius 3 is 2.60 bits per heavy atom. The van der Waals surface area contributed by atoms with Gasteiger partial charge in [0.15, 0.2) is 6.61 Å². The summed E-state index contributed by atoms with van der Waals surface area (Å²) >= 11 is 0. The Balaban J connectivity index is 2.58. The molecule has 0 aliphatic heterocycles. The number of rotatable bonds is 6. The van der Waals surface area contributed by atoms with Crippen LogP contribution in [0.5, 0.6) is 5.75 Å². The average Bonchev–Trinajstić information content (AvgIpc) is 2.44. The van der Waals surface area contributed by atoms with Gasteiger partial charge in [0.25, 0.3) is 5.91 Å². The summed E-state index contributed by atoms with van der Waals surface area (Å²) in [6.07, 6.45) is 0.830. The molecule has 1 aromatic rings. The standard InChI is InChI=1S/C15H21NO4/c1-5-15(2,3)16-13(17)10-20-12-8-6-7-11(9-12)14(18)19-4/h6-9H,5,10H2,1-4H3,(H,16,17). The molecule has 1 N–H and O–H groups in total. The second kappa shape index (κ2) is 6.93. The molecule has 0 radical (unpaired) electrons. The van der Waals surface area contributed by atoms with Crippen molar-refractivity contribution in [1.82, 2.24) is 5.32 Å². The van der Waals surface area contributed by atoms with E-state index in [2.05, 4.69) is 10.1 Å². The fourth-order valence-corrected chi connectivity index (χ4v) is 1.48. The largest absolute Gasteiger partial charge is 0.484 e. The first-order valence-electron chi connectivity index (χ1n) is 6.50. The molecule has 5 nitrogen and oxygen atoms in total. The van der Waals surface area contributed by atoms with Gasteiger partial charge in [0.05, 0.1) is 12.7 Å². The summed E-state index contributed by atoms with van der Waals surface area (Å²) in [6.45, 7) is 5.81. The van der Waals surface area contributed by atoms with Gasteiger partial charge in [0.1, 0.15) is 5.75 Å². The van der Waals surface area contributed by atoms with E-state index in [1.165, 1.54) is 7.11 Å². The van der Waals surface area contributed by atoms with Crippen molar-refractivity contribution >= 4 is 11.9 Å². The molecule has 1 rings (SSSR count). The maximum Gasteiger partial charge on any atom is 0.337 e. The van der Waals surface area contributed by atoms with Crippen LogP contribution in [0.4, 0.5) is 0 Å². The predicted octanol–water partition coefficient (Wildman–Crippen LogP) is 2.16. The number of carbonyl (C=O) groups excluding carboxylic acids is 2. The molecule has 0 aliphatic rings. The summed E-state index contributed by atoms with van der Waals surface area (Å²) in [5.74, 6) is -0.176. The quantitative estimate of drug-likeness (QED) is 0.810. The number of hydrogen-bond acceptors (Lipinski definition) is 4. The van der Waals surface area contributed by atoms with Gasteiger partial charge in [-0.1, -0.05) is 13.0 Å². The predicted molar refractivity (Wildman–Crippen MR) is 75.8 cm³/mol.